The van der Waals surface area contributed by atoms with Crippen LogP contribution in [0.1, 0.15) is 45.7 Å². The Balaban J connectivity index is 1.51. The number of nitrogens with one attached hydrogen (secondary N) is 1. The molecule has 0 spiro atoms. The minimum absolute atomic E-state index is 0.187. The predicted octanol–water partition coefficient (Wildman–Crippen LogP) is 4.65. The van der Waals surface area contributed by atoms with Gasteiger partial charge < -0.3 is 5.32 Å². The molecule has 0 saturated heterocycles. The van der Waals surface area contributed by atoms with E-state index in [1.54, 1.807) is 48.5 Å². The first-order chi connectivity index (χ1) is 14.8. The lowest BCUT2D eigenvalue weighted by Gasteiger charge is -2.14. The molecule has 1 aliphatic carbocycles. The van der Waals surface area contributed by atoms with Crippen molar-refractivity contribution >= 4 is 17.4 Å². The van der Waals surface area contributed by atoms with Crippen LogP contribution in [0.2, 0.25) is 0 Å². The zero-order valence-corrected chi connectivity index (χ0v) is 16.6. The number of aromatic nitrogens is 2. The second-order valence-electron chi connectivity index (χ2n) is 7.46. The summed E-state index contributed by atoms with van der Waals surface area (Å²) in [5, 5.41) is 6.37. The summed E-state index contributed by atoms with van der Waals surface area (Å²) in [4.78, 5) is 25.1. The maximum Gasteiger partial charge on any atom is 0.435 e. The third kappa shape index (κ3) is 4.52. The predicted molar refractivity (Wildman–Crippen MR) is 109 cm³/mol. The molecule has 0 radical (unpaired) electrons. The summed E-state index contributed by atoms with van der Waals surface area (Å²) in [6.07, 6.45) is -2.32. The normalized spacial score (nSPS) is 13.5. The topological polar surface area (TPSA) is 64.0 Å². The molecule has 8 heteroatoms. The lowest BCUT2D eigenvalue weighted by Crippen LogP contribution is -2.22. The average Bonchev–Trinajstić information content (AvgIpc) is 3.13. The molecule has 160 valence electrons. The quantitative estimate of drug-likeness (QED) is 0.603. The molecule has 0 fully saturated rings. The van der Waals surface area contributed by atoms with Crippen LogP contribution in [0.15, 0.2) is 54.6 Å². The van der Waals surface area contributed by atoms with Crippen molar-refractivity contribution in [2.75, 3.05) is 5.32 Å². The molecule has 0 unspecified atom stereocenters. The number of ketones is 1. The van der Waals surface area contributed by atoms with Gasteiger partial charge in [-0.2, -0.15) is 18.3 Å². The molecule has 5 nitrogen and oxygen atoms in total. The molecule has 2 aromatic carbocycles. The number of rotatable bonds is 5. The number of carbonyl (C=O) groups excluding carboxylic acids is 2. The van der Waals surface area contributed by atoms with E-state index in [0.717, 1.165) is 11.1 Å². The van der Waals surface area contributed by atoms with Gasteiger partial charge in [-0.25, -0.2) is 0 Å². The van der Waals surface area contributed by atoms with Crippen molar-refractivity contribution in [1.82, 2.24) is 9.78 Å². The van der Waals surface area contributed by atoms with Crippen LogP contribution in [0.4, 0.5) is 18.9 Å². The number of hydrogen-bond donors (Lipinski definition) is 1. The van der Waals surface area contributed by atoms with E-state index in [4.69, 9.17) is 0 Å². The lowest BCUT2D eigenvalue weighted by molar-refractivity contribution is -0.142. The van der Waals surface area contributed by atoms with E-state index >= 15 is 0 Å². The number of fused-ring (bicyclic) bond motifs is 1. The molecule has 0 atom stereocenters. The highest BCUT2D eigenvalue weighted by Crippen LogP contribution is 2.35. The van der Waals surface area contributed by atoms with Gasteiger partial charge in [-0.15, -0.1) is 0 Å². The third-order valence-corrected chi connectivity index (χ3v) is 5.26. The molecule has 4 rings (SSSR count). The zero-order valence-electron chi connectivity index (χ0n) is 16.6. The van der Waals surface area contributed by atoms with Crippen molar-refractivity contribution in [2.45, 2.75) is 38.4 Å². The molecule has 1 amide bonds. The molecule has 1 aromatic heterocycles. The third-order valence-electron chi connectivity index (χ3n) is 5.26. The molecule has 1 N–H and O–H groups in total. The minimum atomic E-state index is -4.55. The van der Waals surface area contributed by atoms with Crippen molar-refractivity contribution in [3.63, 3.8) is 0 Å². The highest BCUT2D eigenvalue weighted by Gasteiger charge is 2.39. The summed E-state index contributed by atoms with van der Waals surface area (Å²) in [7, 11) is 0. The Morgan fingerprint density at radius 3 is 2.42 bits per heavy atom. The van der Waals surface area contributed by atoms with E-state index in [-0.39, 0.29) is 17.9 Å². The number of benzene rings is 2. The van der Waals surface area contributed by atoms with Crippen molar-refractivity contribution in [3.8, 4) is 0 Å². The first kappa shape index (κ1) is 20.8. The first-order valence-electron chi connectivity index (χ1n) is 9.98. The molecular weight excluding hydrogens is 407 g/mol. The van der Waals surface area contributed by atoms with Gasteiger partial charge in [0.15, 0.2) is 11.5 Å². The van der Waals surface area contributed by atoms with Crippen molar-refractivity contribution in [1.29, 1.82) is 0 Å². The molecule has 0 bridgehead atoms. The van der Waals surface area contributed by atoms with Gasteiger partial charge >= 0.3 is 6.18 Å². The monoisotopic (exact) mass is 427 g/mol. The molecular formula is C23H20F3N3O2. The van der Waals surface area contributed by atoms with Gasteiger partial charge in [-0.1, -0.05) is 42.5 Å². The number of hydrogen-bond acceptors (Lipinski definition) is 3. The lowest BCUT2D eigenvalue weighted by atomic mass is 9.95. The number of amides is 1. The Morgan fingerprint density at radius 2 is 1.68 bits per heavy atom. The Hall–Kier alpha value is -3.42. The van der Waals surface area contributed by atoms with Crippen LogP contribution in [0.25, 0.3) is 0 Å². The Morgan fingerprint density at radius 1 is 0.968 bits per heavy atom. The van der Waals surface area contributed by atoms with E-state index in [1.807, 2.05) is 6.07 Å². The molecule has 1 heterocycles. The van der Waals surface area contributed by atoms with Crippen molar-refractivity contribution in [3.05, 3.63) is 82.7 Å². The van der Waals surface area contributed by atoms with Gasteiger partial charge in [0.2, 0.25) is 5.91 Å². The minimum Gasteiger partial charge on any atom is -0.324 e. The number of alkyl halides is 3. The fourth-order valence-electron chi connectivity index (χ4n) is 3.86. The molecule has 1 aliphatic rings. The maximum atomic E-state index is 13.3. The van der Waals surface area contributed by atoms with E-state index in [9.17, 15) is 22.8 Å². The van der Waals surface area contributed by atoms with Gasteiger partial charge in [0.25, 0.3) is 0 Å². The van der Waals surface area contributed by atoms with Crippen LogP contribution < -0.4 is 5.32 Å². The zero-order chi connectivity index (χ0) is 22.0. The highest BCUT2D eigenvalue weighted by atomic mass is 19.4. The van der Waals surface area contributed by atoms with E-state index in [0.29, 0.717) is 41.8 Å². The van der Waals surface area contributed by atoms with Crippen LogP contribution in [0, 0.1) is 0 Å². The number of halogens is 3. The SMILES string of the molecule is O=C(Cn1nc(C(F)(F)F)c2c1CCCC2)Nc1cccc(C(=O)c2ccccc2)c1. The van der Waals surface area contributed by atoms with E-state index < -0.39 is 17.8 Å². The summed E-state index contributed by atoms with van der Waals surface area (Å²) in [6, 6.07) is 15.2. The van der Waals surface area contributed by atoms with Gasteiger partial charge in [0, 0.05) is 28.1 Å². The Labute approximate surface area is 176 Å². The standard InChI is InChI=1S/C23H20F3N3O2/c24-23(25,26)22-18-11-4-5-12-19(18)29(28-22)14-20(30)27-17-10-6-9-16(13-17)21(31)15-7-2-1-3-8-15/h1-3,6-10,13H,4-5,11-12,14H2,(H,27,30). The van der Waals surface area contributed by atoms with Gasteiger partial charge in [0.05, 0.1) is 0 Å². The second kappa shape index (κ2) is 8.37. The highest BCUT2D eigenvalue weighted by molar-refractivity contribution is 6.09. The van der Waals surface area contributed by atoms with Crippen LogP contribution >= 0.6 is 0 Å². The van der Waals surface area contributed by atoms with Crippen LogP contribution in [-0.2, 0) is 30.4 Å². The summed E-state index contributed by atoms with van der Waals surface area (Å²) in [5.74, 6) is -0.693. The number of anilines is 1. The summed E-state index contributed by atoms with van der Waals surface area (Å²) in [6.45, 7) is -0.324. The summed E-state index contributed by atoms with van der Waals surface area (Å²) < 4.78 is 41.1. The first-order valence-corrected chi connectivity index (χ1v) is 9.98. The number of nitrogens with zero attached hydrogens (tertiary/aromatic N) is 2. The van der Waals surface area contributed by atoms with Crippen molar-refractivity contribution < 1.29 is 22.8 Å². The smallest absolute Gasteiger partial charge is 0.324 e. The largest absolute Gasteiger partial charge is 0.435 e. The van der Waals surface area contributed by atoms with Crippen LogP contribution in [0.3, 0.4) is 0 Å². The summed E-state index contributed by atoms with van der Waals surface area (Å²) in [5.41, 5.74) is 1.09. The van der Waals surface area contributed by atoms with Crippen LogP contribution in [0.5, 0.6) is 0 Å². The van der Waals surface area contributed by atoms with Gasteiger partial charge in [-0.3, -0.25) is 14.3 Å². The average molecular weight is 427 g/mol. The maximum absolute atomic E-state index is 13.3. The van der Waals surface area contributed by atoms with E-state index in [1.165, 1.54) is 0 Å². The summed E-state index contributed by atoms with van der Waals surface area (Å²) >= 11 is 0. The molecule has 3 aromatic rings. The fraction of sp³-hybridized carbons (Fsp3) is 0.261. The van der Waals surface area contributed by atoms with Crippen molar-refractivity contribution in [2.24, 2.45) is 0 Å². The molecule has 0 aliphatic heterocycles. The van der Waals surface area contributed by atoms with Crippen LogP contribution in [-0.4, -0.2) is 21.5 Å². The van der Waals surface area contributed by atoms with Gasteiger partial charge in [0.1, 0.15) is 6.54 Å². The van der Waals surface area contributed by atoms with E-state index in [2.05, 4.69) is 10.4 Å². The molecule has 0 saturated carbocycles. The Kier molecular flexibility index (Phi) is 5.63. The van der Waals surface area contributed by atoms with Gasteiger partial charge in [-0.05, 0) is 37.8 Å². The number of carbonyl (C=O) groups is 2. The second-order valence-corrected chi connectivity index (χ2v) is 7.46. The fourth-order valence-corrected chi connectivity index (χ4v) is 3.86. The molecule has 31 heavy (non-hydrogen) atoms. The Bertz CT molecular complexity index is 1120.